The lowest BCUT2D eigenvalue weighted by Crippen LogP contribution is -2.36. The Hall–Kier alpha value is -2.25. The van der Waals surface area contributed by atoms with E-state index >= 15 is 0 Å². The molecule has 0 spiro atoms. The highest BCUT2D eigenvalue weighted by atomic mass is 19.4. The van der Waals surface area contributed by atoms with Gasteiger partial charge in [-0.25, -0.2) is 4.79 Å². The van der Waals surface area contributed by atoms with Crippen LogP contribution in [0, 0.1) is 11.8 Å². The number of rotatable bonds is 6. The summed E-state index contributed by atoms with van der Waals surface area (Å²) in [6, 6.07) is 3.48. The topological polar surface area (TPSA) is 67.4 Å². The van der Waals surface area contributed by atoms with Gasteiger partial charge in [0.1, 0.15) is 0 Å². The summed E-state index contributed by atoms with van der Waals surface area (Å²) in [6.07, 6.45) is -3.88. The average Bonchev–Trinajstić information content (AvgIpc) is 2.50. The number of carbonyl (C=O) groups is 2. The van der Waals surface area contributed by atoms with E-state index in [1.807, 2.05) is 13.8 Å². The summed E-state index contributed by atoms with van der Waals surface area (Å²) in [6.45, 7) is 3.97. The summed E-state index contributed by atoms with van der Waals surface area (Å²) >= 11 is 0. The van der Waals surface area contributed by atoms with Crippen molar-refractivity contribution in [3.63, 3.8) is 0 Å². The minimum Gasteiger partial charge on any atom is -0.469 e. The van der Waals surface area contributed by atoms with Gasteiger partial charge in [-0.15, -0.1) is 0 Å². The third-order valence-corrected chi connectivity index (χ3v) is 3.27. The van der Waals surface area contributed by atoms with Crippen LogP contribution in [-0.2, 0) is 15.7 Å². The van der Waals surface area contributed by atoms with Crippen molar-refractivity contribution in [3.05, 3.63) is 29.8 Å². The first-order valence-corrected chi connectivity index (χ1v) is 7.43. The van der Waals surface area contributed by atoms with E-state index in [0.29, 0.717) is 6.42 Å². The smallest absolute Gasteiger partial charge is 0.416 e. The molecule has 0 radical (unpaired) electrons. The molecule has 134 valence electrons. The first-order chi connectivity index (χ1) is 11.1. The predicted molar refractivity (Wildman–Crippen MR) is 83.4 cm³/mol. The summed E-state index contributed by atoms with van der Waals surface area (Å²) in [4.78, 5) is 23.4. The lowest BCUT2D eigenvalue weighted by molar-refractivity contribution is -0.145. The lowest BCUT2D eigenvalue weighted by atomic mass is 9.97. The fraction of sp³-hybridized carbons (Fsp3) is 0.500. The molecular weight excluding hydrogens is 325 g/mol. The van der Waals surface area contributed by atoms with Crippen LogP contribution in [0.2, 0.25) is 0 Å². The van der Waals surface area contributed by atoms with E-state index in [0.717, 1.165) is 24.3 Å². The van der Waals surface area contributed by atoms with Gasteiger partial charge >= 0.3 is 18.2 Å². The molecule has 1 rings (SSSR count). The molecule has 1 unspecified atom stereocenters. The van der Waals surface area contributed by atoms with Gasteiger partial charge in [0.2, 0.25) is 0 Å². The maximum atomic E-state index is 12.5. The number of carbonyl (C=O) groups excluding carboxylic acids is 2. The predicted octanol–water partition coefficient (Wildman–Crippen LogP) is 3.66. The SMILES string of the molecule is COC(=O)C(CNC(=O)Nc1ccc(C(F)(F)F)cc1)CC(C)C. The number of esters is 1. The second-order valence-corrected chi connectivity index (χ2v) is 5.76. The van der Waals surface area contributed by atoms with Gasteiger partial charge in [-0.1, -0.05) is 13.8 Å². The van der Waals surface area contributed by atoms with Crippen molar-refractivity contribution >= 4 is 17.7 Å². The standard InChI is InChI=1S/C16H21F3N2O3/c1-10(2)8-11(14(22)24-3)9-20-15(23)21-13-6-4-12(5-7-13)16(17,18)19/h4-7,10-11H,8-9H2,1-3H3,(H2,20,21,23). The molecule has 1 aromatic carbocycles. The Labute approximate surface area is 138 Å². The van der Waals surface area contributed by atoms with Gasteiger partial charge in [-0.3, -0.25) is 4.79 Å². The average molecular weight is 346 g/mol. The quantitative estimate of drug-likeness (QED) is 0.773. The van der Waals surface area contributed by atoms with E-state index in [-0.39, 0.29) is 18.2 Å². The van der Waals surface area contributed by atoms with E-state index in [4.69, 9.17) is 4.74 Å². The Bertz CT molecular complexity index is 557. The molecule has 2 amide bonds. The highest BCUT2D eigenvalue weighted by Crippen LogP contribution is 2.29. The third-order valence-electron chi connectivity index (χ3n) is 3.27. The molecule has 0 bridgehead atoms. The zero-order valence-corrected chi connectivity index (χ0v) is 13.7. The van der Waals surface area contributed by atoms with Gasteiger partial charge in [-0.05, 0) is 36.6 Å². The highest BCUT2D eigenvalue weighted by molar-refractivity contribution is 5.89. The van der Waals surface area contributed by atoms with Crippen molar-refractivity contribution in [2.45, 2.75) is 26.4 Å². The molecule has 5 nitrogen and oxygen atoms in total. The van der Waals surface area contributed by atoms with Gasteiger partial charge in [0.15, 0.2) is 0 Å². The molecule has 8 heteroatoms. The van der Waals surface area contributed by atoms with Crippen molar-refractivity contribution in [2.24, 2.45) is 11.8 Å². The number of urea groups is 1. The molecule has 0 aliphatic heterocycles. The number of amides is 2. The molecule has 2 N–H and O–H groups in total. The molecule has 0 fully saturated rings. The Kier molecular flexibility index (Phi) is 7.06. The highest BCUT2D eigenvalue weighted by Gasteiger charge is 2.30. The fourth-order valence-electron chi connectivity index (χ4n) is 2.13. The van der Waals surface area contributed by atoms with Crippen LogP contribution in [-0.4, -0.2) is 25.7 Å². The van der Waals surface area contributed by atoms with Gasteiger partial charge in [0, 0.05) is 12.2 Å². The van der Waals surface area contributed by atoms with Crippen LogP contribution in [0.15, 0.2) is 24.3 Å². The van der Waals surface area contributed by atoms with Crippen LogP contribution in [0.5, 0.6) is 0 Å². The largest absolute Gasteiger partial charge is 0.469 e. The Balaban J connectivity index is 2.57. The minimum absolute atomic E-state index is 0.0807. The van der Waals surface area contributed by atoms with Crippen molar-refractivity contribution in [2.75, 3.05) is 19.0 Å². The minimum atomic E-state index is -4.43. The Morgan fingerprint density at radius 3 is 2.21 bits per heavy atom. The van der Waals surface area contributed by atoms with Gasteiger partial charge in [0.05, 0.1) is 18.6 Å². The monoisotopic (exact) mass is 346 g/mol. The summed E-state index contributed by atoms with van der Waals surface area (Å²) in [7, 11) is 1.28. The van der Waals surface area contributed by atoms with Gasteiger partial charge in [0.25, 0.3) is 0 Å². The number of ether oxygens (including phenoxy) is 1. The van der Waals surface area contributed by atoms with Crippen molar-refractivity contribution < 1.29 is 27.5 Å². The molecule has 0 aromatic heterocycles. The van der Waals surface area contributed by atoms with Crippen LogP contribution in [0.3, 0.4) is 0 Å². The number of halogens is 3. The zero-order valence-electron chi connectivity index (χ0n) is 13.7. The van der Waals surface area contributed by atoms with Crippen LogP contribution >= 0.6 is 0 Å². The lowest BCUT2D eigenvalue weighted by Gasteiger charge is -2.17. The van der Waals surface area contributed by atoms with E-state index in [2.05, 4.69) is 10.6 Å². The molecule has 0 saturated carbocycles. The van der Waals surface area contributed by atoms with Crippen LogP contribution in [0.25, 0.3) is 0 Å². The molecular formula is C16H21F3N2O3. The van der Waals surface area contributed by atoms with E-state index in [1.54, 1.807) is 0 Å². The van der Waals surface area contributed by atoms with Gasteiger partial charge < -0.3 is 15.4 Å². The van der Waals surface area contributed by atoms with Gasteiger partial charge in [-0.2, -0.15) is 13.2 Å². The van der Waals surface area contributed by atoms with E-state index in [9.17, 15) is 22.8 Å². The number of nitrogens with one attached hydrogen (secondary N) is 2. The second kappa shape index (κ2) is 8.56. The number of hydrogen-bond acceptors (Lipinski definition) is 3. The number of hydrogen-bond donors (Lipinski definition) is 2. The Morgan fingerprint density at radius 1 is 1.17 bits per heavy atom. The maximum absolute atomic E-state index is 12.5. The molecule has 0 heterocycles. The fourth-order valence-corrected chi connectivity index (χ4v) is 2.13. The van der Waals surface area contributed by atoms with Crippen molar-refractivity contribution in [1.82, 2.24) is 5.32 Å². The molecule has 0 aliphatic rings. The van der Waals surface area contributed by atoms with Crippen LogP contribution in [0.4, 0.5) is 23.7 Å². The second-order valence-electron chi connectivity index (χ2n) is 5.76. The number of methoxy groups -OCH3 is 1. The molecule has 1 atom stereocenters. The number of anilines is 1. The van der Waals surface area contributed by atoms with E-state index in [1.165, 1.54) is 7.11 Å². The number of alkyl halides is 3. The van der Waals surface area contributed by atoms with Crippen LogP contribution < -0.4 is 10.6 Å². The summed E-state index contributed by atoms with van der Waals surface area (Å²) < 4.78 is 42.1. The maximum Gasteiger partial charge on any atom is 0.416 e. The summed E-state index contributed by atoms with van der Waals surface area (Å²) in [5, 5.41) is 4.94. The first-order valence-electron chi connectivity index (χ1n) is 7.43. The van der Waals surface area contributed by atoms with Crippen molar-refractivity contribution in [1.29, 1.82) is 0 Å². The summed E-state index contributed by atoms with van der Waals surface area (Å²) in [5.74, 6) is -0.652. The molecule has 0 saturated heterocycles. The zero-order chi connectivity index (χ0) is 18.3. The first kappa shape index (κ1) is 19.8. The van der Waals surface area contributed by atoms with Crippen molar-refractivity contribution in [3.8, 4) is 0 Å². The van der Waals surface area contributed by atoms with Crippen LogP contribution in [0.1, 0.15) is 25.8 Å². The molecule has 0 aliphatic carbocycles. The number of benzene rings is 1. The third kappa shape index (κ3) is 6.47. The normalized spacial score (nSPS) is 12.6. The summed E-state index contributed by atoms with van der Waals surface area (Å²) in [5.41, 5.74) is -0.574. The Morgan fingerprint density at radius 2 is 1.75 bits per heavy atom. The molecule has 1 aromatic rings. The molecule has 24 heavy (non-hydrogen) atoms. The van der Waals surface area contributed by atoms with E-state index < -0.39 is 29.7 Å².